The zero-order valence-electron chi connectivity index (χ0n) is 16.9. The van der Waals surface area contributed by atoms with Gasteiger partial charge in [0.2, 0.25) is 11.8 Å². The van der Waals surface area contributed by atoms with E-state index in [0.29, 0.717) is 22.1 Å². The van der Waals surface area contributed by atoms with Crippen LogP contribution >= 0.6 is 23.1 Å². The molecule has 1 atom stereocenters. The fraction of sp³-hybridized carbons (Fsp3) is 0.364. The topological polar surface area (TPSA) is 87.8 Å². The second kappa shape index (κ2) is 8.62. The molecule has 2 aromatic heterocycles. The summed E-state index contributed by atoms with van der Waals surface area (Å²) in [7, 11) is 0. The Bertz CT molecular complexity index is 1170. The number of aromatic nitrogens is 2. The third kappa shape index (κ3) is 3.75. The van der Waals surface area contributed by atoms with E-state index >= 15 is 0 Å². The van der Waals surface area contributed by atoms with E-state index in [1.54, 1.807) is 4.57 Å². The number of rotatable bonds is 5. The molecule has 1 aliphatic carbocycles. The van der Waals surface area contributed by atoms with Crippen LogP contribution in [0.1, 0.15) is 53.9 Å². The minimum atomic E-state index is -0.425. The number of nitriles is 1. The van der Waals surface area contributed by atoms with E-state index in [1.807, 2.05) is 31.2 Å². The van der Waals surface area contributed by atoms with Gasteiger partial charge in [0.25, 0.3) is 0 Å². The summed E-state index contributed by atoms with van der Waals surface area (Å²) >= 11 is 2.81. The van der Waals surface area contributed by atoms with Gasteiger partial charge in [0.05, 0.1) is 21.8 Å². The first-order valence-corrected chi connectivity index (χ1v) is 11.7. The summed E-state index contributed by atoms with van der Waals surface area (Å²) in [4.78, 5) is 31.1. The predicted octanol–water partition coefficient (Wildman–Crippen LogP) is 5.02. The largest absolute Gasteiger partial charge is 0.316 e. The van der Waals surface area contributed by atoms with E-state index < -0.39 is 5.25 Å². The maximum absolute atomic E-state index is 13.1. The van der Waals surface area contributed by atoms with Crippen LogP contribution in [-0.2, 0) is 17.6 Å². The zero-order chi connectivity index (χ0) is 21.3. The van der Waals surface area contributed by atoms with Crippen LogP contribution in [0, 0.1) is 11.3 Å². The number of thioether (sulfide) groups is 1. The van der Waals surface area contributed by atoms with Gasteiger partial charge >= 0.3 is 0 Å². The maximum atomic E-state index is 13.1. The number of thiophene rings is 1. The van der Waals surface area contributed by atoms with E-state index in [0.717, 1.165) is 42.3 Å². The number of nitrogens with zero attached hydrogens (tertiary/aromatic N) is 3. The number of hydrogen-bond acceptors (Lipinski definition) is 6. The van der Waals surface area contributed by atoms with Crippen molar-refractivity contribution in [2.45, 2.75) is 56.4 Å². The fourth-order valence-electron chi connectivity index (χ4n) is 3.80. The van der Waals surface area contributed by atoms with Crippen molar-refractivity contribution in [3.8, 4) is 6.07 Å². The number of nitrogens with one attached hydrogen (secondary N) is 1. The van der Waals surface area contributed by atoms with Crippen molar-refractivity contribution in [2.24, 2.45) is 0 Å². The number of fused-ring (bicyclic) bond motifs is 2. The molecule has 1 amide bonds. The summed E-state index contributed by atoms with van der Waals surface area (Å²) in [6.45, 7) is 3.43. The van der Waals surface area contributed by atoms with Crippen LogP contribution in [0.4, 0.5) is 5.00 Å². The smallest absolute Gasteiger partial charge is 0.238 e. The number of carbonyl (C=O) groups is 2. The highest BCUT2D eigenvalue weighted by Gasteiger charge is 2.26. The molecular formula is C22H22N4O2S2. The standard InChI is InChI=1S/C22H22N4O2S2/c1-3-18(30-22-24-16-9-5-6-10-17(16)26(22)13(2)27)20(28)25-21-15(12-23)14-8-4-7-11-19(14)29-21/h5-6,9-10,18H,3-4,7-8,11H2,1-2H3,(H,25,28)/t18-/m0/s1. The zero-order valence-corrected chi connectivity index (χ0v) is 18.5. The van der Waals surface area contributed by atoms with Crippen molar-refractivity contribution in [1.82, 2.24) is 9.55 Å². The Kier molecular flexibility index (Phi) is 5.93. The molecule has 0 saturated carbocycles. The molecule has 0 radical (unpaired) electrons. The molecule has 0 aliphatic heterocycles. The lowest BCUT2D eigenvalue weighted by molar-refractivity contribution is -0.115. The lowest BCUT2D eigenvalue weighted by Gasteiger charge is -2.14. The molecule has 0 saturated heterocycles. The van der Waals surface area contributed by atoms with Crippen LogP contribution in [0.25, 0.3) is 11.0 Å². The molecule has 154 valence electrons. The van der Waals surface area contributed by atoms with Gasteiger partial charge in [-0.1, -0.05) is 30.8 Å². The first-order valence-electron chi connectivity index (χ1n) is 10.0. The highest BCUT2D eigenvalue weighted by molar-refractivity contribution is 8.00. The SMILES string of the molecule is CC[C@H](Sc1nc2ccccc2n1C(C)=O)C(=O)Nc1sc2c(c1C#N)CCCC2. The molecule has 1 aromatic carbocycles. The van der Waals surface area contributed by atoms with Crippen LogP contribution < -0.4 is 5.32 Å². The van der Waals surface area contributed by atoms with Crippen LogP contribution in [0.2, 0.25) is 0 Å². The third-order valence-electron chi connectivity index (χ3n) is 5.28. The number of imidazole rings is 1. The Morgan fingerprint density at radius 2 is 2.10 bits per heavy atom. The van der Waals surface area contributed by atoms with Gasteiger partial charge in [0.15, 0.2) is 5.16 Å². The Balaban J connectivity index is 1.60. The molecule has 0 fully saturated rings. The minimum absolute atomic E-state index is 0.140. The molecule has 0 bridgehead atoms. The Labute approximate surface area is 183 Å². The molecule has 2 heterocycles. The fourth-order valence-corrected chi connectivity index (χ4v) is 6.11. The molecule has 6 nitrogen and oxygen atoms in total. The molecule has 3 aromatic rings. The Morgan fingerprint density at radius 3 is 2.83 bits per heavy atom. The summed E-state index contributed by atoms with van der Waals surface area (Å²) in [5.74, 6) is -0.307. The van der Waals surface area contributed by atoms with Crippen molar-refractivity contribution in [1.29, 1.82) is 5.26 Å². The molecule has 0 unspecified atom stereocenters. The molecule has 1 aliphatic rings. The average molecular weight is 439 g/mol. The van der Waals surface area contributed by atoms with Crippen molar-refractivity contribution in [3.63, 3.8) is 0 Å². The minimum Gasteiger partial charge on any atom is -0.316 e. The molecule has 8 heteroatoms. The van der Waals surface area contributed by atoms with Gasteiger partial charge in [-0.25, -0.2) is 4.98 Å². The van der Waals surface area contributed by atoms with Gasteiger partial charge in [-0.2, -0.15) is 5.26 Å². The molecule has 0 spiro atoms. The molecule has 4 rings (SSSR count). The first kappa shape index (κ1) is 20.6. The van der Waals surface area contributed by atoms with Crippen LogP contribution in [0.15, 0.2) is 29.4 Å². The predicted molar refractivity (Wildman–Crippen MR) is 120 cm³/mol. The second-order valence-electron chi connectivity index (χ2n) is 7.27. The lowest BCUT2D eigenvalue weighted by Crippen LogP contribution is -2.25. The van der Waals surface area contributed by atoms with Gasteiger partial charge in [-0.15, -0.1) is 11.3 Å². The quantitative estimate of drug-likeness (QED) is 0.565. The van der Waals surface area contributed by atoms with Crippen LogP contribution in [0.3, 0.4) is 0 Å². The van der Waals surface area contributed by atoms with E-state index in [2.05, 4.69) is 16.4 Å². The number of benzene rings is 1. The monoisotopic (exact) mass is 438 g/mol. The average Bonchev–Trinajstić information content (AvgIpc) is 3.28. The van der Waals surface area contributed by atoms with E-state index in [4.69, 9.17) is 0 Å². The summed E-state index contributed by atoms with van der Waals surface area (Å²) in [5, 5.41) is 13.4. The summed E-state index contributed by atoms with van der Waals surface area (Å²) < 4.78 is 1.56. The Hall–Kier alpha value is -2.63. The van der Waals surface area contributed by atoms with Crippen molar-refractivity contribution >= 4 is 50.9 Å². The normalized spacial score (nSPS) is 14.2. The molecular weight excluding hydrogens is 416 g/mol. The number of carbonyl (C=O) groups excluding carboxylic acids is 2. The number of aryl methyl sites for hydroxylation is 1. The summed E-state index contributed by atoms with van der Waals surface area (Å²) in [6, 6.07) is 9.73. The highest BCUT2D eigenvalue weighted by atomic mass is 32.2. The highest BCUT2D eigenvalue weighted by Crippen LogP contribution is 2.38. The maximum Gasteiger partial charge on any atom is 0.238 e. The van der Waals surface area contributed by atoms with Crippen LogP contribution in [0.5, 0.6) is 0 Å². The number of hydrogen-bond donors (Lipinski definition) is 1. The molecule has 1 N–H and O–H groups in total. The van der Waals surface area contributed by atoms with Crippen molar-refractivity contribution in [2.75, 3.05) is 5.32 Å². The summed E-state index contributed by atoms with van der Waals surface area (Å²) in [6.07, 6.45) is 4.66. The Morgan fingerprint density at radius 1 is 1.33 bits per heavy atom. The van der Waals surface area contributed by atoms with Crippen molar-refractivity contribution < 1.29 is 9.59 Å². The van der Waals surface area contributed by atoms with Gasteiger partial charge in [0, 0.05) is 11.8 Å². The molecule has 30 heavy (non-hydrogen) atoms. The van der Waals surface area contributed by atoms with Crippen molar-refractivity contribution in [3.05, 3.63) is 40.3 Å². The summed E-state index contributed by atoms with van der Waals surface area (Å²) in [5.41, 5.74) is 3.17. The van der Waals surface area contributed by atoms with Gasteiger partial charge in [-0.05, 0) is 49.8 Å². The lowest BCUT2D eigenvalue weighted by atomic mass is 9.96. The number of anilines is 1. The van der Waals surface area contributed by atoms with Gasteiger partial charge < -0.3 is 5.32 Å². The number of para-hydroxylation sites is 2. The van der Waals surface area contributed by atoms with Gasteiger partial charge in [-0.3, -0.25) is 14.2 Å². The first-order chi connectivity index (χ1) is 14.5. The number of amides is 1. The van der Waals surface area contributed by atoms with E-state index in [1.165, 1.54) is 34.9 Å². The second-order valence-corrected chi connectivity index (χ2v) is 9.54. The van der Waals surface area contributed by atoms with E-state index in [-0.39, 0.29) is 11.8 Å². The van der Waals surface area contributed by atoms with Crippen LogP contribution in [-0.4, -0.2) is 26.6 Å². The third-order valence-corrected chi connectivity index (χ3v) is 7.80. The van der Waals surface area contributed by atoms with Gasteiger partial charge in [0.1, 0.15) is 11.1 Å². The van der Waals surface area contributed by atoms with E-state index in [9.17, 15) is 14.9 Å².